The second kappa shape index (κ2) is 8.58. The van der Waals surface area contributed by atoms with Crippen molar-refractivity contribution in [1.29, 1.82) is 0 Å². The van der Waals surface area contributed by atoms with Crippen molar-refractivity contribution in [2.24, 2.45) is 0 Å². The number of amides is 2. The number of benzene rings is 2. The first-order chi connectivity index (χ1) is 13.1. The SMILES string of the molecule is CCOC(=O)N1CCN(c2ccc(NC(=O)c3ccccc3C)cc2)CC1. The monoisotopic (exact) mass is 367 g/mol. The molecule has 0 spiro atoms. The highest BCUT2D eigenvalue weighted by molar-refractivity contribution is 6.05. The number of piperazine rings is 1. The number of nitrogens with one attached hydrogen (secondary N) is 1. The third kappa shape index (κ3) is 4.58. The second-order valence-corrected chi connectivity index (χ2v) is 6.49. The highest BCUT2D eigenvalue weighted by Gasteiger charge is 2.22. The molecule has 1 aliphatic heterocycles. The topological polar surface area (TPSA) is 61.9 Å². The average Bonchev–Trinajstić information content (AvgIpc) is 2.69. The van der Waals surface area contributed by atoms with Crippen LogP contribution in [0.3, 0.4) is 0 Å². The summed E-state index contributed by atoms with van der Waals surface area (Å²) < 4.78 is 5.05. The Hall–Kier alpha value is -3.02. The predicted octanol–water partition coefficient (Wildman–Crippen LogP) is 3.53. The quantitative estimate of drug-likeness (QED) is 0.898. The number of nitrogens with zero attached hydrogens (tertiary/aromatic N) is 2. The lowest BCUT2D eigenvalue weighted by atomic mass is 10.1. The summed E-state index contributed by atoms with van der Waals surface area (Å²) in [5.41, 5.74) is 3.47. The van der Waals surface area contributed by atoms with Gasteiger partial charge in [-0.25, -0.2) is 4.79 Å². The van der Waals surface area contributed by atoms with Crippen LogP contribution in [0.2, 0.25) is 0 Å². The molecule has 1 N–H and O–H groups in total. The van der Waals surface area contributed by atoms with Crippen LogP contribution in [0.25, 0.3) is 0 Å². The molecule has 2 aromatic carbocycles. The lowest BCUT2D eigenvalue weighted by molar-refractivity contribution is 0.102. The Morgan fingerprint density at radius 3 is 2.30 bits per heavy atom. The van der Waals surface area contributed by atoms with E-state index < -0.39 is 0 Å². The van der Waals surface area contributed by atoms with Crippen LogP contribution in [-0.2, 0) is 4.74 Å². The van der Waals surface area contributed by atoms with Gasteiger partial charge in [0.2, 0.25) is 0 Å². The van der Waals surface area contributed by atoms with Gasteiger partial charge in [0.05, 0.1) is 6.61 Å². The third-order valence-corrected chi connectivity index (χ3v) is 4.69. The first-order valence-corrected chi connectivity index (χ1v) is 9.22. The molecule has 0 aliphatic carbocycles. The van der Waals surface area contributed by atoms with Gasteiger partial charge in [0, 0.05) is 43.1 Å². The van der Waals surface area contributed by atoms with Gasteiger partial charge in [0.1, 0.15) is 0 Å². The van der Waals surface area contributed by atoms with E-state index in [4.69, 9.17) is 4.74 Å². The van der Waals surface area contributed by atoms with Crippen LogP contribution in [-0.4, -0.2) is 49.7 Å². The molecule has 6 heteroatoms. The Kier molecular flexibility index (Phi) is 5.96. The van der Waals surface area contributed by atoms with E-state index in [2.05, 4.69) is 10.2 Å². The highest BCUT2D eigenvalue weighted by atomic mass is 16.6. The Balaban J connectivity index is 1.57. The minimum Gasteiger partial charge on any atom is -0.450 e. The Labute approximate surface area is 159 Å². The van der Waals surface area contributed by atoms with Crippen molar-refractivity contribution < 1.29 is 14.3 Å². The van der Waals surface area contributed by atoms with Crippen LogP contribution >= 0.6 is 0 Å². The summed E-state index contributed by atoms with van der Waals surface area (Å²) >= 11 is 0. The van der Waals surface area contributed by atoms with Crippen molar-refractivity contribution >= 4 is 23.4 Å². The minimum absolute atomic E-state index is 0.107. The zero-order valence-electron chi connectivity index (χ0n) is 15.8. The minimum atomic E-state index is -0.244. The molecule has 2 aromatic rings. The van der Waals surface area contributed by atoms with E-state index in [1.807, 2.05) is 62.4 Å². The van der Waals surface area contributed by atoms with Gasteiger partial charge in [0.15, 0.2) is 0 Å². The van der Waals surface area contributed by atoms with Crippen molar-refractivity contribution in [1.82, 2.24) is 4.90 Å². The van der Waals surface area contributed by atoms with E-state index in [-0.39, 0.29) is 12.0 Å². The molecule has 27 heavy (non-hydrogen) atoms. The number of ether oxygens (including phenoxy) is 1. The number of carbonyl (C=O) groups excluding carboxylic acids is 2. The fourth-order valence-corrected chi connectivity index (χ4v) is 3.14. The molecule has 0 unspecified atom stereocenters. The van der Waals surface area contributed by atoms with E-state index in [0.29, 0.717) is 25.3 Å². The van der Waals surface area contributed by atoms with Crippen molar-refractivity contribution in [2.45, 2.75) is 13.8 Å². The van der Waals surface area contributed by atoms with Crippen molar-refractivity contribution in [2.75, 3.05) is 43.0 Å². The van der Waals surface area contributed by atoms with Crippen LogP contribution in [0.4, 0.5) is 16.2 Å². The highest BCUT2D eigenvalue weighted by Crippen LogP contribution is 2.20. The third-order valence-electron chi connectivity index (χ3n) is 4.69. The first kappa shape index (κ1) is 18.8. The van der Waals surface area contributed by atoms with Crippen molar-refractivity contribution in [3.05, 3.63) is 59.7 Å². The number of carbonyl (C=O) groups is 2. The molecule has 1 aliphatic rings. The molecule has 0 radical (unpaired) electrons. The van der Waals surface area contributed by atoms with Gasteiger partial charge in [0.25, 0.3) is 5.91 Å². The molecule has 2 amide bonds. The maximum atomic E-state index is 12.4. The van der Waals surface area contributed by atoms with E-state index in [0.717, 1.165) is 30.0 Å². The molecule has 1 fully saturated rings. The predicted molar refractivity (Wildman–Crippen MR) is 106 cm³/mol. The second-order valence-electron chi connectivity index (χ2n) is 6.49. The molecule has 0 aromatic heterocycles. The number of aryl methyl sites for hydroxylation is 1. The molecule has 0 atom stereocenters. The molecule has 3 rings (SSSR count). The summed E-state index contributed by atoms with van der Waals surface area (Å²) in [6, 6.07) is 15.3. The van der Waals surface area contributed by atoms with E-state index in [9.17, 15) is 9.59 Å². The molecular weight excluding hydrogens is 342 g/mol. The molecule has 6 nitrogen and oxygen atoms in total. The Morgan fingerprint density at radius 2 is 1.67 bits per heavy atom. The van der Waals surface area contributed by atoms with Crippen molar-refractivity contribution in [3.8, 4) is 0 Å². The maximum Gasteiger partial charge on any atom is 0.409 e. The van der Waals surface area contributed by atoms with Gasteiger partial charge >= 0.3 is 6.09 Å². The average molecular weight is 367 g/mol. The van der Waals surface area contributed by atoms with Crippen LogP contribution in [0.15, 0.2) is 48.5 Å². The van der Waals surface area contributed by atoms with Gasteiger partial charge in [-0.2, -0.15) is 0 Å². The smallest absolute Gasteiger partial charge is 0.409 e. The van der Waals surface area contributed by atoms with Crippen LogP contribution in [0.1, 0.15) is 22.8 Å². The van der Waals surface area contributed by atoms with E-state index in [1.54, 1.807) is 4.90 Å². The lowest BCUT2D eigenvalue weighted by Crippen LogP contribution is -2.49. The lowest BCUT2D eigenvalue weighted by Gasteiger charge is -2.35. The largest absolute Gasteiger partial charge is 0.450 e. The molecule has 1 saturated heterocycles. The van der Waals surface area contributed by atoms with Crippen LogP contribution in [0.5, 0.6) is 0 Å². The van der Waals surface area contributed by atoms with Gasteiger partial charge < -0.3 is 19.9 Å². The number of hydrogen-bond acceptors (Lipinski definition) is 4. The fourth-order valence-electron chi connectivity index (χ4n) is 3.14. The maximum absolute atomic E-state index is 12.4. The van der Waals surface area contributed by atoms with Crippen molar-refractivity contribution in [3.63, 3.8) is 0 Å². The van der Waals surface area contributed by atoms with E-state index >= 15 is 0 Å². The Morgan fingerprint density at radius 1 is 1.00 bits per heavy atom. The number of hydrogen-bond donors (Lipinski definition) is 1. The molecule has 1 heterocycles. The number of anilines is 2. The summed E-state index contributed by atoms with van der Waals surface area (Å²) in [5, 5.41) is 2.94. The molecule has 0 saturated carbocycles. The molecule has 142 valence electrons. The van der Waals surface area contributed by atoms with Gasteiger partial charge in [-0.15, -0.1) is 0 Å². The summed E-state index contributed by atoms with van der Waals surface area (Å²) in [6.45, 7) is 6.94. The summed E-state index contributed by atoms with van der Waals surface area (Å²) in [7, 11) is 0. The van der Waals surface area contributed by atoms with Gasteiger partial charge in [-0.3, -0.25) is 4.79 Å². The fraction of sp³-hybridized carbons (Fsp3) is 0.333. The zero-order chi connectivity index (χ0) is 19.2. The van der Waals surface area contributed by atoms with E-state index in [1.165, 1.54) is 0 Å². The summed E-state index contributed by atoms with van der Waals surface area (Å²) in [5.74, 6) is -0.107. The Bertz CT molecular complexity index is 797. The van der Waals surface area contributed by atoms with Crippen LogP contribution < -0.4 is 10.2 Å². The summed E-state index contributed by atoms with van der Waals surface area (Å²) in [4.78, 5) is 28.1. The first-order valence-electron chi connectivity index (χ1n) is 9.22. The molecule has 0 bridgehead atoms. The zero-order valence-corrected chi connectivity index (χ0v) is 15.8. The number of rotatable bonds is 4. The summed E-state index contributed by atoms with van der Waals surface area (Å²) in [6.07, 6.45) is -0.244. The standard InChI is InChI=1S/C21H25N3O3/c1-3-27-21(26)24-14-12-23(13-15-24)18-10-8-17(9-11-18)22-20(25)19-7-5-4-6-16(19)2/h4-11H,3,12-15H2,1-2H3,(H,22,25). The normalized spacial score (nSPS) is 14.0. The van der Waals surface area contributed by atoms with Crippen LogP contribution in [0, 0.1) is 6.92 Å². The molecular formula is C21H25N3O3. The van der Waals surface area contributed by atoms with Gasteiger partial charge in [-0.1, -0.05) is 18.2 Å². The van der Waals surface area contributed by atoms with Gasteiger partial charge in [-0.05, 0) is 49.7 Å².